The lowest BCUT2D eigenvalue weighted by Crippen LogP contribution is -2.54. The number of thioether (sulfide) groups is 1. The van der Waals surface area contributed by atoms with Gasteiger partial charge in [0.15, 0.2) is 0 Å². The lowest BCUT2D eigenvalue weighted by molar-refractivity contribution is -0.142. The van der Waals surface area contributed by atoms with Crippen molar-refractivity contribution in [3.63, 3.8) is 0 Å². The maximum atomic E-state index is 13.9. The van der Waals surface area contributed by atoms with Crippen LogP contribution in [0.2, 0.25) is 5.02 Å². The van der Waals surface area contributed by atoms with E-state index < -0.39 is 33.4 Å². The first-order chi connectivity index (χ1) is 15.7. The smallest absolute Gasteiger partial charge is 0.248 e. The molecule has 33 heavy (non-hydrogen) atoms. The highest BCUT2D eigenvalue weighted by molar-refractivity contribution is 8.02. The average molecular weight is 494 g/mol. The third-order valence-corrected chi connectivity index (χ3v) is 9.72. The van der Waals surface area contributed by atoms with Gasteiger partial charge in [-0.25, -0.2) is 0 Å². The van der Waals surface area contributed by atoms with Crippen molar-refractivity contribution < 1.29 is 19.5 Å². The molecule has 180 valence electrons. The maximum absolute atomic E-state index is 13.9. The number of nitrogens with one attached hydrogen (secondary N) is 2. The van der Waals surface area contributed by atoms with Gasteiger partial charge in [-0.2, -0.15) is 0 Å². The highest BCUT2D eigenvalue weighted by Gasteiger charge is 2.77. The number of amides is 3. The van der Waals surface area contributed by atoms with Gasteiger partial charge < -0.3 is 20.6 Å². The lowest BCUT2D eigenvalue weighted by Gasteiger charge is -2.36. The molecule has 3 saturated heterocycles. The minimum atomic E-state index is -0.765. The first kappa shape index (κ1) is 24.4. The Bertz CT molecular complexity index is 940. The van der Waals surface area contributed by atoms with Gasteiger partial charge in [-0.05, 0) is 56.9 Å². The molecule has 3 aliphatic rings. The Morgan fingerprint density at radius 1 is 1.24 bits per heavy atom. The van der Waals surface area contributed by atoms with Crippen LogP contribution in [0.5, 0.6) is 0 Å². The standard InChI is InChI=1S/C24H32ClN3O4S/c1-4-12-26-20(30)17-18-22(32)28(16(5-2)13-29)19(24(18)11-10-23(17,3)33-24)21(31)27-15-8-6-14(25)7-9-15/h6-9,16-19,29H,4-5,10-13H2,1-3H3,(H,26,30)(H,27,31)/t16-,17-,18-,19?,23+,24?/m0/s1. The summed E-state index contributed by atoms with van der Waals surface area (Å²) in [7, 11) is 0. The molecule has 1 aromatic carbocycles. The Kier molecular flexibility index (Phi) is 6.73. The molecule has 3 amide bonds. The van der Waals surface area contributed by atoms with E-state index in [4.69, 9.17) is 11.6 Å². The van der Waals surface area contributed by atoms with Crippen molar-refractivity contribution in [2.45, 2.75) is 68.0 Å². The van der Waals surface area contributed by atoms with Gasteiger partial charge in [-0.3, -0.25) is 14.4 Å². The van der Waals surface area contributed by atoms with Gasteiger partial charge in [0.05, 0.1) is 29.2 Å². The van der Waals surface area contributed by atoms with Crippen LogP contribution in [-0.4, -0.2) is 62.5 Å². The first-order valence-electron chi connectivity index (χ1n) is 11.7. The van der Waals surface area contributed by atoms with Crippen LogP contribution >= 0.6 is 23.4 Å². The summed E-state index contributed by atoms with van der Waals surface area (Å²) < 4.78 is -1.09. The zero-order valence-electron chi connectivity index (χ0n) is 19.3. The zero-order chi connectivity index (χ0) is 24.0. The van der Waals surface area contributed by atoms with Crippen LogP contribution in [0.4, 0.5) is 5.69 Å². The number of nitrogens with zero attached hydrogens (tertiary/aromatic N) is 1. The molecule has 3 fully saturated rings. The Hall–Kier alpha value is -1.77. The Labute approximate surface area is 204 Å². The Morgan fingerprint density at radius 3 is 2.55 bits per heavy atom. The number of carbonyl (C=O) groups is 3. The highest BCUT2D eigenvalue weighted by atomic mass is 35.5. The minimum absolute atomic E-state index is 0.109. The van der Waals surface area contributed by atoms with Crippen molar-refractivity contribution in [2.24, 2.45) is 11.8 Å². The summed E-state index contributed by atoms with van der Waals surface area (Å²) in [4.78, 5) is 42.5. The van der Waals surface area contributed by atoms with Crippen LogP contribution in [0.1, 0.15) is 46.5 Å². The number of carbonyl (C=O) groups excluding carboxylic acids is 3. The Balaban J connectivity index is 1.74. The summed E-state index contributed by atoms with van der Waals surface area (Å²) in [6.07, 6.45) is 2.77. The van der Waals surface area contributed by atoms with E-state index >= 15 is 0 Å². The average Bonchev–Trinajstić information content (AvgIpc) is 3.36. The fourth-order valence-electron chi connectivity index (χ4n) is 5.97. The summed E-state index contributed by atoms with van der Waals surface area (Å²) in [5.41, 5.74) is 0.592. The summed E-state index contributed by atoms with van der Waals surface area (Å²) in [6.45, 7) is 6.26. The van der Waals surface area contributed by atoms with Gasteiger partial charge in [0.2, 0.25) is 17.7 Å². The molecule has 3 heterocycles. The Morgan fingerprint density at radius 2 is 1.94 bits per heavy atom. The molecular weight excluding hydrogens is 462 g/mol. The highest BCUT2D eigenvalue weighted by Crippen LogP contribution is 2.71. The number of halogens is 1. The third-order valence-electron chi connectivity index (χ3n) is 7.48. The van der Waals surface area contributed by atoms with Crippen LogP contribution < -0.4 is 10.6 Å². The van der Waals surface area contributed by atoms with E-state index in [0.29, 0.717) is 30.1 Å². The molecule has 3 aliphatic heterocycles. The second kappa shape index (κ2) is 9.12. The number of aliphatic hydroxyl groups excluding tert-OH is 1. The van der Waals surface area contributed by atoms with Crippen LogP contribution in [0.15, 0.2) is 24.3 Å². The molecule has 0 radical (unpaired) electrons. The lowest BCUT2D eigenvalue weighted by atomic mass is 9.66. The normalized spacial score (nSPS) is 33.2. The summed E-state index contributed by atoms with van der Waals surface area (Å²) >= 11 is 7.61. The van der Waals surface area contributed by atoms with Crippen molar-refractivity contribution in [3.05, 3.63) is 29.3 Å². The maximum Gasteiger partial charge on any atom is 0.248 e. The summed E-state index contributed by atoms with van der Waals surface area (Å²) in [5, 5.41) is 16.6. The molecule has 4 rings (SSSR count). The number of benzene rings is 1. The van der Waals surface area contributed by atoms with Crippen LogP contribution in [0, 0.1) is 11.8 Å². The predicted octanol–water partition coefficient (Wildman–Crippen LogP) is 3.06. The number of aliphatic hydroxyl groups is 1. The van der Waals surface area contributed by atoms with Crippen LogP contribution in [-0.2, 0) is 14.4 Å². The number of likely N-dealkylation sites (tertiary alicyclic amines) is 1. The van der Waals surface area contributed by atoms with Gasteiger partial charge in [-0.15, -0.1) is 11.8 Å². The van der Waals surface area contributed by atoms with Crippen LogP contribution in [0.25, 0.3) is 0 Å². The van der Waals surface area contributed by atoms with Crippen molar-refractivity contribution in [3.8, 4) is 0 Å². The first-order valence-corrected chi connectivity index (χ1v) is 12.9. The monoisotopic (exact) mass is 493 g/mol. The number of fused-ring (bicyclic) bond motifs is 1. The number of hydrogen-bond donors (Lipinski definition) is 3. The topological polar surface area (TPSA) is 98.7 Å². The van der Waals surface area contributed by atoms with E-state index in [-0.39, 0.29) is 24.3 Å². The number of hydrogen-bond acceptors (Lipinski definition) is 5. The fourth-order valence-corrected chi connectivity index (χ4v) is 8.44. The SMILES string of the molecule is CCCNC(=O)[C@@H]1[C@H]2C(=O)N([C@@H](CC)CO)C(C(=O)Nc3ccc(Cl)cc3)C23CC[C@@]1(C)S3. The summed E-state index contributed by atoms with van der Waals surface area (Å²) in [6, 6.07) is 5.60. The van der Waals surface area contributed by atoms with Crippen molar-refractivity contribution in [2.75, 3.05) is 18.5 Å². The number of anilines is 1. The quantitative estimate of drug-likeness (QED) is 0.517. The second-order valence-corrected chi connectivity index (χ2v) is 11.8. The van der Waals surface area contributed by atoms with E-state index in [1.54, 1.807) is 40.9 Å². The summed E-state index contributed by atoms with van der Waals surface area (Å²) in [5.74, 6) is -1.67. The zero-order valence-corrected chi connectivity index (χ0v) is 20.8. The molecule has 0 saturated carbocycles. The van der Waals surface area contributed by atoms with E-state index in [1.807, 2.05) is 13.8 Å². The van der Waals surface area contributed by atoms with E-state index in [9.17, 15) is 19.5 Å². The van der Waals surface area contributed by atoms with Gasteiger partial charge >= 0.3 is 0 Å². The largest absolute Gasteiger partial charge is 0.394 e. The molecule has 3 N–H and O–H groups in total. The molecule has 1 aromatic rings. The van der Waals surface area contributed by atoms with Crippen molar-refractivity contribution >= 4 is 46.8 Å². The molecule has 7 nitrogen and oxygen atoms in total. The van der Waals surface area contributed by atoms with Gasteiger partial charge in [-0.1, -0.05) is 25.4 Å². The molecule has 0 aliphatic carbocycles. The molecule has 6 atom stereocenters. The van der Waals surface area contributed by atoms with Gasteiger partial charge in [0.25, 0.3) is 0 Å². The molecule has 2 unspecified atom stereocenters. The molecule has 1 spiro atoms. The van der Waals surface area contributed by atoms with Crippen molar-refractivity contribution in [1.29, 1.82) is 0 Å². The van der Waals surface area contributed by atoms with E-state index in [0.717, 1.165) is 12.8 Å². The van der Waals surface area contributed by atoms with Crippen molar-refractivity contribution in [1.82, 2.24) is 10.2 Å². The molecule has 2 bridgehead atoms. The number of rotatable bonds is 8. The van der Waals surface area contributed by atoms with E-state index in [1.165, 1.54) is 0 Å². The van der Waals surface area contributed by atoms with Gasteiger partial charge in [0.1, 0.15) is 6.04 Å². The predicted molar refractivity (Wildman–Crippen MR) is 130 cm³/mol. The van der Waals surface area contributed by atoms with Crippen LogP contribution in [0.3, 0.4) is 0 Å². The molecule has 0 aromatic heterocycles. The fraction of sp³-hybridized carbons (Fsp3) is 0.625. The second-order valence-electron chi connectivity index (χ2n) is 9.50. The third kappa shape index (κ3) is 3.84. The van der Waals surface area contributed by atoms with E-state index in [2.05, 4.69) is 17.6 Å². The minimum Gasteiger partial charge on any atom is -0.394 e. The molecule has 9 heteroatoms. The molecular formula is C24H32ClN3O4S. The van der Waals surface area contributed by atoms with Gasteiger partial charge in [0, 0.05) is 22.0 Å².